The van der Waals surface area contributed by atoms with Gasteiger partial charge in [0.05, 0.1) is 19.1 Å². The van der Waals surface area contributed by atoms with Gasteiger partial charge in [0, 0.05) is 27.1 Å². The Kier molecular flexibility index (Phi) is 7.41. The molecular formula is C15H22ClNO3. The Morgan fingerprint density at radius 2 is 1.95 bits per heavy atom. The van der Waals surface area contributed by atoms with Gasteiger partial charge in [0.15, 0.2) is 0 Å². The molecule has 1 atom stereocenters. The van der Waals surface area contributed by atoms with Crippen LogP contribution in [0, 0.1) is 0 Å². The number of benzene rings is 1. The van der Waals surface area contributed by atoms with Crippen molar-refractivity contribution in [1.82, 2.24) is 4.90 Å². The SMILES string of the molecule is COCC(Cl)CN(C)C(=O)CCc1ccc(OC)cc1. The molecule has 0 spiro atoms. The molecular weight excluding hydrogens is 278 g/mol. The topological polar surface area (TPSA) is 38.8 Å². The number of rotatable bonds is 8. The van der Waals surface area contributed by atoms with Gasteiger partial charge in [0.1, 0.15) is 5.75 Å². The van der Waals surface area contributed by atoms with Crippen LogP contribution in [0.25, 0.3) is 0 Å². The van der Waals surface area contributed by atoms with Crippen LogP contribution in [0.2, 0.25) is 0 Å². The second-order valence-electron chi connectivity index (χ2n) is 4.67. The second kappa shape index (κ2) is 8.82. The number of amides is 1. The van der Waals surface area contributed by atoms with Crippen molar-refractivity contribution in [2.75, 3.05) is 34.4 Å². The maximum absolute atomic E-state index is 12.0. The summed E-state index contributed by atoms with van der Waals surface area (Å²) < 4.78 is 10.1. The van der Waals surface area contributed by atoms with Gasteiger partial charge in [-0.3, -0.25) is 4.79 Å². The van der Waals surface area contributed by atoms with Crippen LogP contribution in [0.15, 0.2) is 24.3 Å². The zero-order valence-corrected chi connectivity index (χ0v) is 13.0. The Hall–Kier alpha value is -1.26. The quantitative estimate of drug-likeness (QED) is 0.692. The number of nitrogens with zero attached hydrogens (tertiary/aromatic N) is 1. The lowest BCUT2D eigenvalue weighted by molar-refractivity contribution is -0.129. The second-order valence-corrected chi connectivity index (χ2v) is 5.29. The molecule has 0 aliphatic rings. The maximum Gasteiger partial charge on any atom is 0.222 e. The fraction of sp³-hybridized carbons (Fsp3) is 0.533. The van der Waals surface area contributed by atoms with Crippen molar-refractivity contribution in [2.45, 2.75) is 18.2 Å². The Balaban J connectivity index is 2.37. The third kappa shape index (κ3) is 5.80. The molecule has 0 aliphatic heterocycles. The largest absolute Gasteiger partial charge is 0.497 e. The molecule has 0 N–H and O–H groups in total. The van der Waals surface area contributed by atoms with Crippen molar-refractivity contribution >= 4 is 17.5 Å². The fourth-order valence-electron chi connectivity index (χ4n) is 1.87. The van der Waals surface area contributed by atoms with E-state index in [1.54, 1.807) is 26.2 Å². The van der Waals surface area contributed by atoms with Gasteiger partial charge in [-0.25, -0.2) is 0 Å². The Bertz CT molecular complexity index is 408. The smallest absolute Gasteiger partial charge is 0.222 e. The highest BCUT2D eigenvalue weighted by Crippen LogP contribution is 2.13. The summed E-state index contributed by atoms with van der Waals surface area (Å²) in [5.74, 6) is 0.907. The van der Waals surface area contributed by atoms with E-state index in [0.29, 0.717) is 26.0 Å². The highest BCUT2D eigenvalue weighted by atomic mass is 35.5. The van der Waals surface area contributed by atoms with E-state index in [9.17, 15) is 4.79 Å². The monoisotopic (exact) mass is 299 g/mol. The summed E-state index contributed by atoms with van der Waals surface area (Å²) in [4.78, 5) is 13.6. The van der Waals surface area contributed by atoms with E-state index in [0.717, 1.165) is 11.3 Å². The lowest BCUT2D eigenvalue weighted by Gasteiger charge is -2.20. The molecule has 1 amide bonds. The number of methoxy groups -OCH3 is 2. The van der Waals surface area contributed by atoms with Gasteiger partial charge >= 0.3 is 0 Å². The molecule has 20 heavy (non-hydrogen) atoms. The number of carbonyl (C=O) groups is 1. The summed E-state index contributed by atoms with van der Waals surface area (Å²) in [7, 11) is 5.00. The van der Waals surface area contributed by atoms with Crippen LogP contribution in [-0.2, 0) is 16.0 Å². The van der Waals surface area contributed by atoms with Gasteiger partial charge in [-0.05, 0) is 24.1 Å². The maximum atomic E-state index is 12.0. The lowest BCUT2D eigenvalue weighted by Crippen LogP contribution is -2.34. The predicted octanol–water partition coefficient (Wildman–Crippen LogP) is 2.34. The van der Waals surface area contributed by atoms with Crippen molar-refractivity contribution in [3.8, 4) is 5.75 Å². The van der Waals surface area contributed by atoms with Crippen LogP contribution in [0.4, 0.5) is 0 Å². The van der Waals surface area contributed by atoms with E-state index in [-0.39, 0.29) is 11.3 Å². The van der Waals surface area contributed by atoms with Crippen molar-refractivity contribution in [3.05, 3.63) is 29.8 Å². The van der Waals surface area contributed by atoms with Crippen molar-refractivity contribution in [1.29, 1.82) is 0 Å². The third-order valence-corrected chi connectivity index (χ3v) is 3.30. The minimum absolute atomic E-state index is 0.0857. The third-order valence-electron chi connectivity index (χ3n) is 3.03. The van der Waals surface area contributed by atoms with Gasteiger partial charge < -0.3 is 14.4 Å². The molecule has 112 valence electrons. The van der Waals surface area contributed by atoms with E-state index in [2.05, 4.69) is 0 Å². The molecule has 0 aliphatic carbocycles. The van der Waals surface area contributed by atoms with Gasteiger partial charge in [-0.2, -0.15) is 0 Å². The van der Waals surface area contributed by atoms with Gasteiger partial charge in [0.2, 0.25) is 5.91 Å². The molecule has 1 aromatic rings. The molecule has 0 aromatic heterocycles. The van der Waals surface area contributed by atoms with Gasteiger partial charge in [-0.15, -0.1) is 11.6 Å². The highest BCUT2D eigenvalue weighted by molar-refractivity contribution is 6.21. The number of hydrogen-bond acceptors (Lipinski definition) is 3. The molecule has 1 aromatic carbocycles. The van der Waals surface area contributed by atoms with Crippen LogP contribution in [0.5, 0.6) is 5.75 Å². The molecule has 0 fully saturated rings. The van der Waals surface area contributed by atoms with Gasteiger partial charge in [0.25, 0.3) is 0 Å². The van der Waals surface area contributed by atoms with Crippen LogP contribution >= 0.6 is 11.6 Å². The Morgan fingerprint density at radius 3 is 2.50 bits per heavy atom. The van der Waals surface area contributed by atoms with Crippen LogP contribution in [-0.4, -0.2) is 50.6 Å². The molecule has 0 saturated carbocycles. The summed E-state index contributed by atoms with van der Waals surface area (Å²) in [6.45, 7) is 0.939. The summed E-state index contributed by atoms with van der Waals surface area (Å²) in [5.41, 5.74) is 1.12. The first-order valence-electron chi connectivity index (χ1n) is 6.56. The summed E-state index contributed by atoms with van der Waals surface area (Å²) in [6.07, 6.45) is 1.18. The first-order chi connectivity index (χ1) is 9.56. The number of ether oxygens (including phenoxy) is 2. The average Bonchev–Trinajstić information content (AvgIpc) is 2.45. The van der Waals surface area contributed by atoms with E-state index in [1.165, 1.54) is 0 Å². The molecule has 0 radical (unpaired) electrons. The molecule has 1 unspecified atom stereocenters. The standard InChI is InChI=1S/C15H22ClNO3/c1-17(10-13(16)11-19-2)15(18)9-6-12-4-7-14(20-3)8-5-12/h4-5,7-8,13H,6,9-11H2,1-3H3. The number of hydrogen-bond donors (Lipinski definition) is 0. The molecule has 4 nitrogen and oxygen atoms in total. The number of aryl methyl sites for hydroxylation is 1. The Labute approximate surface area is 125 Å². The van der Waals surface area contributed by atoms with Crippen LogP contribution in [0.3, 0.4) is 0 Å². The van der Waals surface area contributed by atoms with Crippen LogP contribution in [0.1, 0.15) is 12.0 Å². The number of halogens is 1. The van der Waals surface area contributed by atoms with E-state index < -0.39 is 0 Å². The van der Waals surface area contributed by atoms with Crippen molar-refractivity contribution < 1.29 is 14.3 Å². The Morgan fingerprint density at radius 1 is 1.30 bits per heavy atom. The molecule has 0 bridgehead atoms. The first-order valence-corrected chi connectivity index (χ1v) is 7.00. The molecule has 1 rings (SSSR count). The van der Waals surface area contributed by atoms with E-state index in [1.807, 2.05) is 24.3 Å². The zero-order valence-electron chi connectivity index (χ0n) is 12.3. The molecule has 0 saturated heterocycles. The van der Waals surface area contributed by atoms with Crippen LogP contribution < -0.4 is 4.74 Å². The summed E-state index contributed by atoms with van der Waals surface area (Å²) in [5, 5.41) is -0.171. The lowest BCUT2D eigenvalue weighted by atomic mass is 10.1. The molecule has 5 heteroatoms. The number of carbonyl (C=O) groups excluding carboxylic acids is 1. The summed E-state index contributed by atoms with van der Waals surface area (Å²) in [6, 6.07) is 7.75. The minimum atomic E-state index is -0.171. The van der Waals surface area contributed by atoms with Gasteiger partial charge in [-0.1, -0.05) is 12.1 Å². The predicted molar refractivity (Wildman–Crippen MR) is 80.5 cm³/mol. The number of alkyl halides is 1. The fourth-order valence-corrected chi connectivity index (χ4v) is 2.20. The first kappa shape index (κ1) is 16.8. The van der Waals surface area contributed by atoms with Crippen molar-refractivity contribution in [2.24, 2.45) is 0 Å². The van der Waals surface area contributed by atoms with E-state index >= 15 is 0 Å². The minimum Gasteiger partial charge on any atom is -0.497 e. The van der Waals surface area contributed by atoms with Crippen molar-refractivity contribution in [3.63, 3.8) is 0 Å². The molecule has 0 heterocycles. The zero-order chi connectivity index (χ0) is 15.0. The summed E-state index contributed by atoms with van der Waals surface area (Å²) >= 11 is 6.04. The van der Waals surface area contributed by atoms with E-state index in [4.69, 9.17) is 21.1 Å². The normalized spacial score (nSPS) is 12.0. The average molecular weight is 300 g/mol. The highest BCUT2D eigenvalue weighted by Gasteiger charge is 2.13.